The first-order valence-corrected chi connectivity index (χ1v) is 9.05. The zero-order valence-corrected chi connectivity index (χ0v) is 15.4. The van der Waals surface area contributed by atoms with Gasteiger partial charge in [0.05, 0.1) is 23.7 Å². The van der Waals surface area contributed by atoms with E-state index in [9.17, 15) is 4.79 Å². The van der Waals surface area contributed by atoms with Gasteiger partial charge >= 0.3 is 0 Å². The number of carbonyl (C=O) groups is 1. The molecule has 1 aromatic carbocycles. The number of nitrogens with zero attached hydrogens (tertiary/aromatic N) is 2. The van der Waals surface area contributed by atoms with Gasteiger partial charge in [-0.3, -0.25) is 4.79 Å². The molecule has 2 heterocycles. The number of aromatic nitrogens is 1. The number of rotatable bonds is 5. The fraction of sp³-hybridized carbons (Fsp3) is 0.167. The summed E-state index contributed by atoms with van der Waals surface area (Å²) in [7, 11) is 1.97. The highest BCUT2D eigenvalue weighted by molar-refractivity contribution is 7.09. The molecule has 0 aliphatic rings. The average Bonchev–Trinajstić information content (AvgIpc) is 3.18. The van der Waals surface area contributed by atoms with Crippen LogP contribution in [0.1, 0.15) is 20.9 Å². The third-order valence-corrected chi connectivity index (χ3v) is 5.19. The maximum Gasteiger partial charge on any atom is 0.256 e. The Hall–Kier alpha value is -1.75. The highest BCUT2D eigenvalue weighted by Gasteiger charge is 2.20. The fourth-order valence-electron chi connectivity index (χ4n) is 2.48. The van der Waals surface area contributed by atoms with Crippen molar-refractivity contribution in [2.24, 2.45) is 7.05 Å². The molecule has 3 rings (SSSR count). The molecule has 24 heavy (non-hydrogen) atoms. The van der Waals surface area contributed by atoms with Crippen LogP contribution in [0.3, 0.4) is 0 Å². The number of amides is 1. The number of thiophene rings is 1. The molecule has 1 amide bonds. The molecule has 0 fully saturated rings. The minimum absolute atomic E-state index is 0.105. The first kappa shape index (κ1) is 17.1. The van der Waals surface area contributed by atoms with Crippen molar-refractivity contribution in [2.45, 2.75) is 13.1 Å². The van der Waals surface area contributed by atoms with E-state index in [1.807, 2.05) is 47.5 Å². The second kappa shape index (κ2) is 7.43. The lowest BCUT2D eigenvalue weighted by atomic mass is 10.2. The van der Waals surface area contributed by atoms with Crippen molar-refractivity contribution >= 4 is 40.4 Å². The molecule has 0 atom stereocenters. The Balaban J connectivity index is 1.90. The normalized spacial score (nSPS) is 10.8. The summed E-state index contributed by atoms with van der Waals surface area (Å²) in [5, 5.41) is 2.90. The van der Waals surface area contributed by atoms with E-state index in [0.717, 1.165) is 10.6 Å². The summed E-state index contributed by atoms with van der Waals surface area (Å²) < 4.78 is 2.01. The Bertz CT molecular complexity index is 843. The van der Waals surface area contributed by atoms with E-state index >= 15 is 0 Å². The van der Waals surface area contributed by atoms with E-state index in [2.05, 4.69) is 0 Å². The van der Waals surface area contributed by atoms with Crippen molar-refractivity contribution < 1.29 is 4.79 Å². The molecule has 0 N–H and O–H groups in total. The average molecular weight is 379 g/mol. The Morgan fingerprint density at radius 2 is 2.00 bits per heavy atom. The lowest BCUT2D eigenvalue weighted by molar-refractivity contribution is 0.0728. The van der Waals surface area contributed by atoms with Crippen LogP contribution in [0, 0.1) is 0 Å². The number of hydrogen-bond acceptors (Lipinski definition) is 2. The quantitative estimate of drug-likeness (QED) is 0.596. The predicted molar refractivity (Wildman–Crippen MR) is 99.8 cm³/mol. The fourth-order valence-corrected chi connectivity index (χ4v) is 3.69. The summed E-state index contributed by atoms with van der Waals surface area (Å²) in [6.45, 7) is 1.06. The molecule has 3 nitrogen and oxygen atoms in total. The number of carbonyl (C=O) groups excluding carboxylic acids is 1. The van der Waals surface area contributed by atoms with Gasteiger partial charge in [-0.1, -0.05) is 29.3 Å². The molecule has 124 valence electrons. The monoisotopic (exact) mass is 378 g/mol. The topological polar surface area (TPSA) is 25.2 Å². The number of halogens is 2. The number of hydrogen-bond donors (Lipinski definition) is 0. The van der Waals surface area contributed by atoms with Gasteiger partial charge in [-0.05, 0) is 41.8 Å². The first-order valence-electron chi connectivity index (χ1n) is 7.41. The predicted octanol–water partition coefficient (Wildman–Crippen LogP) is 5.24. The van der Waals surface area contributed by atoms with Crippen molar-refractivity contribution in [1.82, 2.24) is 9.47 Å². The van der Waals surface area contributed by atoms with Crippen molar-refractivity contribution in [2.75, 3.05) is 0 Å². The molecule has 0 aliphatic carbocycles. The minimum atomic E-state index is -0.105. The van der Waals surface area contributed by atoms with Crippen LogP contribution in [-0.4, -0.2) is 15.4 Å². The number of benzene rings is 1. The highest BCUT2D eigenvalue weighted by atomic mass is 35.5. The van der Waals surface area contributed by atoms with Crippen molar-refractivity contribution in [3.63, 3.8) is 0 Å². The summed E-state index contributed by atoms with van der Waals surface area (Å²) in [6, 6.07) is 13.0. The van der Waals surface area contributed by atoms with E-state index in [-0.39, 0.29) is 5.91 Å². The molecular formula is C18H16Cl2N2OS. The van der Waals surface area contributed by atoms with E-state index in [4.69, 9.17) is 23.2 Å². The van der Waals surface area contributed by atoms with E-state index in [1.165, 1.54) is 0 Å². The molecule has 0 bridgehead atoms. The van der Waals surface area contributed by atoms with Gasteiger partial charge in [0.15, 0.2) is 0 Å². The van der Waals surface area contributed by atoms with Crippen LogP contribution in [0.2, 0.25) is 10.0 Å². The van der Waals surface area contributed by atoms with Crippen LogP contribution < -0.4 is 0 Å². The van der Waals surface area contributed by atoms with Gasteiger partial charge in [0, 0.05) is 28.8 Å². The van der Waals surface area contributed by atoms with Crippen molar-refractivity contribution in [3.8, 4) is 0 Å². The highest BCUT2D eigenvalue weighted by Crippen LogP contribution is 2.24. The van der Waals surface area contributed by atoms with Gasteiger partial charge < -0.3 is 9.47 Å². The maximum absolute atomic E-state index is 13.0. The lowest BCUT2D eigenvalue weighted by Gasteiger charge is -2.23. The Morgan fingerprint density at radius 1 is 1.17 bits per heavy atom. The third kappa shape index (κ3) is 3.83. The third-order valence-electron chi connectivity index (χ3n) is 3.78. The van der Waals surface area contributed by atoms with Gasteiger partial charge in [0.1, 0.15) is 0 Å². The van der Waals surface area contributed by atoms with Crippen LogP contribution in [-0.2, 0) is 20.1 Å². The molecule has 3 aromatic rings. The summed E-state index contributed by atoms with van der Waals surface area (Å²) in [5.41, 5.74) is 1.52. The van der Waals surface area contributed by atoms with Gasteiger partial charge in [-0.25, -0.2) is 0 Å². The molecule has 6 heteroatoms. The van der Waals surface area contributed by atoms with Gasteiger partial charge in [-0.2, -0.15) is 0 Å². The molecule has 0 saturated heterocycles. The van der Waals surface area contributed by atoms with E-state index in [0.29, 0.717) is 28.7 Å². The summed E-state index contributed by atoms with van der Waals surface area (Å²) in [5.74, 6) is -0.105. The first-order chi connectivity index (χ1) is 11.5. The standard InChI is InChI=1S/C18H16Cl2N2OS/c1-21-8-2-4-14(21)11-22(12-15-5-3-9-24-15)18(23)16-7-6-13(19)10-17(16)20/h2-10H,11-12H2,1H3. The van der Waals surface area contributed by atoms with Crippen LogP contribution in [0.15, 0.2) is 54.0 Å². The zero-order valence-electron chi connectivity index (χ0n) is 13.1. The molecule has 0 spiro atoms. The van der Waals surface area contributed by atoms with Crippen LogP contribution in [0.5, 0.6) is 0 Å². The summed E-state index contributed by atoms with van der Waals surface area (Å²) in [6.07, 6.45) is 1.97. The van der Waals surface area contributed by atoms with Crippen LogP contribution in [0.4, 0.5) is 0 Å². The van der Waals surface area contributed by atoms with Crippen molar-refractivity contribution in [1.29, 1.82) is 0 Å². The molecule has 0 radical (unpaired) electrons. The van der Waals surface area contributed by atoms with Gasteiger partial charge in [0.2, 0.25) is 0 Å². The Kier molecular flexibility index (Phi) is 5.29. The molecule has 0 saturated carbocycles. The molecular weight excluding hydrogens is 363 g/mol. The van der Waals surface area contributed by atoms with Crippen LogP contribution in [0.25, 0.3) is 0 Å². The van der Waals surface area contributed by atoms with Crippen molar-refractivity contribution in [3.05, 3.63) is 80.2 Å². The largest absolute Gasteiger partial charge is 0.353 e. The Labute approximate surface area is 155 Å². The lowest BCUT2D eigenvalue weighted by Crippen LogP contribution is -2.30. The molecule has 2 aromatic heterocycles. The minimum Gasteiger partial charge on any atom is -0.353 e. The van der Waals surface area contributed by atoms with Crippen LogP contribution >= 0.6 is 34.5 Å². The van der Waals surface area contributed by atoms with Gasteiger partial charge in [-0.15, -0.1) is 11.3 Å². The molecule has 0 unspecified atom stereocenters. The zero-order chi connectivity index (χ0) is 17.1. The second-order valence-corrected chi connectivity index (χ2v) is 7.35. The van der Waals surface area contributed by atoms with E-state index in [1.54, 1.807) is 34.4 Å². The van der Waals surface area contributed by atoms with E-state index < -0.39 is 0 Å². The Morgan fingerprint density at radius 3 is 2.62 bits per heavy atom. The van der Waals surface area contributed by atoms with Gasteiger partial charge in [0.25, 0.3) is 5.91 Å². The smallest absolute Gasteiger partial charge is 0.256 e. The SMILES string of the molecule is Cn1cccc1CN(Cc1cccs1)C(=O)c1ccc(Cl)cc1Cl. The second-order valence-electron chi connectivity index (χ2n) is 5.48. The number of aryl methyl sites for hydroxylation is 1. The summed E-state index contributed by atoms with van der Waals surface area (Å²) >= 11 is 13.8. The summed E-state index contributed by atoms with van der Waals surface area (Å²) in [4.78, 5) is 16.0. The molecule has 0 aliphatic heterocycles. The maximum atomic E-state index is 13.0.